The molecule has 94 valence electrons. The van der Waals surface area contributed by atoms with Crippen LogP contribution in [-0.2, 0) is 4.79 Å². The van der Waals surface area contributed by atoms with Gasteiger partial charge < -0.3 is 15.6 Å². The van der Waals surface area contributed by atoms with Gasteiger partial charge in [-0.25, -0.2) is 4.39 Å². The molecule has 1 rings (SSSR count). The van der Waals surface area contributed by atoms with Gasteiger partial charge >= 0.3 is 5.97 Å². The molecule has 1 atom stereocenters. The number of hydrogen-bond donors (Lipinski definition) is 2. The zero-order chi connectivity index (χ0) is 13.2. The fourth-order valence-corrected chi connectivity index (χ4v) is 2.25. The maximum absolute atomic E-state index is 13.6. The third kappa shape index (κ3) is 2.58. The monoisotopic (exact) mass is 305 g/mol. The molecule has 0 spiro atoms. The molecule has 0 aliphatic rings. The molecule has 0 radical (unpaired) electrons. The Morgan fingerprint density at radius 2 is 2.29 bits per heavy atom. The van der Waals surface area contributed by atoms with Crippen LogP contribution in [0.25, 0.3) is 0 Å². The second kappa shape index (κ2) is 5.46. The predicted molar refractivity (Wildman–Crippen MR) is 64.8 cm³/mol. The highest BCUT2D eigenvalue weighted by molar-refractivity contribution is 9.10. The Bertz CT molecular complexity index is 451. The van der Waals surface area contributed by atoms with Crippen molar-refractivity contribution in [3.63, 3.8) is 0 Å². The minimum atomic E-state index is -1.11. The lowest BCUT2D eigenvalue weighted by Gasteiger charge is -2.18. The molecular formula is C11H13BrFNO3. The standard InChI is InChI=1S/C11H13BrFNO3/c1-5-3-7(13)9(12)8(10(5)17-2)6(4-14)11(15)16/h3,6H,4,14H2,1-2H3,(H,15,16). The number of rotatable bonds is 4. The van der Waals surface area contributed by atoms with Crippen LogP contribution in [0.5, 0.6) is 5.75 Å². The van der Waals surface area contributed by atoms with E-state index >= 15 is 0 Å². The van der Waals surface area contributed by atoms with E-state index in [1.165, 1.54) is 13.2 Å². The first-order chi connectivity index (χ1) is 7.93. The van der Waals surface area contributed by atoms with Crippen LogP contribution >= 0.6 is 15.9 Å². The van der Waals surface area contributed by atoms with Crippen molar-refractivity contribution in [2.75, 3.05) is 13.7 Å². The van der Waals surface area contributed by atoms with Crippen LogP contribution in [0.4, 0.5) is 4.39 Å². The number of aryl methyl sites for hydroxylation is 1. The Labute approximate surface area is 107 Å². The molecule has 0 bridgehead atoms. The van der Waals surface area contributed by atoms with Gasteiger partial charge in [0.2, 0.25) is 0 Å². The van der Waals surface area contributed by atoms with E-state index in [-0.39, 0.29) is 16.6 Å². The Morgan fingerprint density at radius 3 is 2.71 bits per heavy atom. The summed E-state index contributed by atoms with van der Waals surface area (Å²) in [6, 6.07) is 1.28. The summed E-state index contributed by atoms with van der Waals surface area (Å²) in [6.07, 6.45) is 0. The van der Waals surface area contributed by atoms with Crippen molar-refractivity contribution >= 4 is 21.9 Å². The van der Waals surface area contributed by atoms with Gasteiger partial charge in [-0.3, -0.25) is 4.79 Å². The first kappa shape index (κ1) is 13.9. The summed E-state index contributed by atoms with van der Waals surface area (Å²) in [4.78, 5) is 11.1. The number of benzene rings is 1. The summed E-state index contributed by atoms with van der Waals surface area (Å²) >= 11 is 3.04. The maximum atomic E-state index is 13.6. The van der Waals surface area contributed by atoms with E-state index in [1.54, 1.807) is 6.92 Å². The fraction of sp³-hybridized carbons (Fsp3) is 0.364. The van der Waals surface area contributed by atoms with E-state index in [0.717, 1.165) is 0 Å². The van der Waals surface area contributed by atoms with Crippen molar-refractivity contribution in [1.29, 1.82) is 0 Å². The SMILES string of the molecule is COc1c(C)cc(F)c(Br)c1C(CN)C(=O)O. The molecule has 1 aromatic carbocycles. The molecule has 0 aliphatic heterocycles. The second-order valence-corrected chi connectivity index (χ2v) is 4.36. The number of hydrogen-bond acceptors (Lipinski definition) is 3. The Morgan fingerprint density at radius 1 is 1.71 bits per heavy atom. The normalized spacial score (nSPS) is 12.3. The van der Waals surface area contributed by atoms with Crippen LogP contribution in [0.2, 0.25) is 0 Å². The topological polar surface area (TPSA) is 72.5 Å². The van der Waals surface area contributed by atoms with Gasteiger partial charge in [-0.1, -0.05) is 0 Å². The second-order valence-electron chi connectivity index (χ2n) is 3.56. The molecule has 0 amide bonds. The van der Waals surface area contributed by atoms with Gasteiger partial charge in [0.15, 0.2) is 0 Å². The van der Waals surface area contributed by atoms with Crippen LogP contribution in [0.1, 0.15) is 17.0 Å². The van der Waals surface area contributed by atoms with Gasteiger partial charge in [-0.15, -0.1) is 0 Å². The van der Waals surface area contributed by atoms with E-state index < -0.39 is 17.7 Å². The highest BCUT2D eigenvalue weighted by Gasteiger charge is 2.27. The minimum absolute atomic E-state index is 0.0813. The largest absolute Gasteiger partial charge is 0.496 e. The van der Waals surface area contributed by atoms with Gasteiger partial charge in [0.05, 0.1) is 17.5 Å². The predicted octanol–water partition coefficient (Wildman–Crippen LogP) is 2.03. The Hall–Kier alpha value is -1.14. The molecule has 1 aromatic rings. The lowest BCUT2D eigenvalue weighted by molar-refractivity contribution is -0.138. The Kier molecular flexibility index (Phi) is 4.47. The molecule has 4 nitrogen and oxygen atoms in total. The van der Waals surface area contributed by atoms with Crippen LogP contribution in [-0.4, -0.2) is 24.7 Å². The molecule has 0 aromatic heterocycles. The first-order valence-corrected chi connectivity index (χ1v) is 5.68. The highest BCUT2D eigenvalue weighted by Crippen LogP contribution is 2.37. The van der Waals surface area contributed by atoms with E-state index in [9.17, 15) is 9.18 Å². The van der Waals surface area contributed by atoms with Gasteiger partial charge in [0, 0.05) is 12.1 Å². The molecule has 0 fully saturated rings. The van der Waals surface area contributed by atoms with E-state index in [0.29, 0.717) is 11.3 Å². The number of carbonyl (C=O) groups is 1. The number of carboxylic acid groups (broad SMARTS) is 1. The summed E-state index contributed by atoms with van der Waals surface area (Å²) < 4.78 is 18.8. The van der Waals surface area contributed by atoms with Crippen LogP contribution in [0, 0.1) is 12.7 Å². The summed E-state index contributed by atoms with van der Waals surface area (Å²) in [6.45, 7) is 1.51. The minimum Gasteiger partial charge on any atom is -0.496 e. The number of aliphatic carboxylic acids is 1. The molecule has 6 heteroatoms. The average molecular weight is 306 g/mol. The lowest BCUT2D eigenvalue weighted by Crippen LogP contribution is -2.22. The molecule has 0 heterocycles. The summed E-state index contributed by atoms with van der Waals surface area (Å²) in [5, 5.41) is 9.07. The zero-order valence-corrected chi connectivity index (χ0v) is 11.0. The van der Waals surface area contributed by atoms with Gasteiger partial charge in [0.25, 0.3) is 0 Å². The van der Waals surface area contributed by atoms with Gasteiger partial charge in [-0.2, -0.15) is 0 Å². The van der Waals surface area contributed by atoms with Crippen LogP contribution in [0.3, 0.4) is 0 Å². The number of halogens is 2. The molecule has 0 aliphatic carbocycles. The zero-order valence-electron chi connectivity index (χ0n) is 9.46. The number of methoxy groups -OCH3 is 1. The third-order valence-electron chi connectivity index (χ3n) is 2.48. The van der Waals surface area contributed by atoms with Crippen molar-refractivity contribution in [3.8, 4) is 5.75 Å². The van der Waals surface area contributed by atoms with Crippen molar-refractivity contribution in [1.82, 2.24) is 0 Å². The maximum Gasteiger partial charge on any atom is 0.312 e. The lowest BCUT2D eigenvalue weighted by atomic mass is 9.96. The van der Waals surface area contributed by atoms with Crippen LogP contribution < -0.4 is 10.5 Å². The summed E-state index contributed by atoms with van der Waals surface area (Å²) in [5.41, 5.74) is 6.19. The van der Waals surface area contributed by atoms with Crippen molar-refractivity contribution < 1.29 is 19.0 Å². The highest BCUT2D eigenvalue weighted by atomic mass is 79.9. The average Bonchev–Trinajstić information content (AvgIpc) is 2.25. The summed E-state index contributed by atoms with van der Waals surface area (Å²) in [5.74, 6) is -2.31. The molecule has 0 saturated carbocycles. The molecule has 3 N–H and O–H groups in total. The Balaban J connectivity index is 3.53. The van der Waals surface area contributed by atoms with Gasteiger partial charge in [0.1, 0.15) is 11.6 Å². The summed E-state index contributed by atoms with van der Waals surface area (Å²) in [7, 11) is 1.41. The third-order valence-corrected chi connectivity index (χ3v) is 3.28. The quantitative estimate of drug-likeness (QED) is 0.893. The first-order valence-electron chi connectivity index (χ1n) is 4.89. The number of nitrogens with two attached hydrogens (primary N) is 1. The molecular weight excluding hydrogens is 293 g/mol. The van der Waals surface area contributed by atoms with E-state index in [2.05, 4.69) is 15.9 Å². The molecule has 0 saturated heterocycles. The number of carboxylic acids is 1. The molecule has 1 unspecified atom stereocenters. The van der Waals surface area contributed by atoms with Crippen molar-refractivity contribution in [2.24, 2.45) is 5.73 Å². The van der Waals surface area contributed by atoms with E-state index in [4.69, 9.17) is 15.6 Å². The van der Waals surface area contributed by atoms with Crippen LogP contribution in [0.15, 0.2) is 10.5 Å². The van der Waals surface area contributed by atoms with Crippen molar-refractivity contribution in [2.45, 2.75) is 12.8 Å². The van der Waals surface area contributed by atoms with E-state index in [1.807, 2.05) is 0 Å². The number of ether oxygens (including phenoxy) is 1. The smallest absolute Gasteiger partial charge is 0.312 e. The fourth-order valence-electron chi connectivity index (χ4n) is 1.68. The molecule has 17 heavy (non-hydrogen) atoms. The van der Waals surface area contributed by atoms with Crippen molar-refractivity contribution in [3.05, 3.63) is 27.5 Å². The van der Waals surface area contributed by atoms with Gasteiger partial charge in [-0.05, 0) is 34.5 Å².